The Hall–Kier alpha value is -4.19. The van der Waals surface area contributed by atoms with Crippen LogP contribution >= 0.6 is 0 Å². The summed E-state index contributed by atoms with van der Waals surface area (Å²) in [7, 11) is -2.59. The van der Waals surface area contributed by atoms with Gasteiger partial charge in [0.2, 0.25) is 0 Å². The van der Waals surface area contributed by atoms with E-state index in [4.69, 9.17) is 0 Å². The minimum atomic E-state index is -3.78. The summed E-state index contributed by atoms with van der Waals surface area (Å²) in [6, 6.07) is 6.57. The molecule has 12 heteroatoms. The van der Waals surface area contributed by atoms with Crippen LogP contribution in [-0.2, 0) is 19.4 Å². The van der Waals surface area contributed by atoms with Crippen molar-refractivity contribution in [1.29, 1.82) is 0 Å². The number of methoxy groups -OCH3 is 1. The second-order valence-electron chi connectivity index (χ2n) is 7.95. The zero-order valence-corrected chi connectivity index (χ0v) is 20.2. The first kappa shape index (κ1) is 24.9. The number of esters is 1. The number of carbonyl (C=O) groups excluding carboxylic acids is 2. The molecule has 0 bridgehead atoms. The zero-order valence-electron chi connectivity index (χ0n) is 19.4. The summed E-state index contributed by atoms with van der Waals surface area (Å²) in [5.41, 5.74) is 1.89. The third kappa shape index (κ3) is 5.23. The number of fused-ring (bicyclic) bond motifs is 1. The van der Waals surface area contributed by atoms with Crippen molar-refractivity contribution in [3.63, 3.8) is 0 Å². The fraction of sp³-hybridized carbons (Fsp3) is 0.208. The highest BCUT2D eigenvalue weighted by Gasteiger charge is 2.21. The quantitative estimate of drug-likeness (QED) is 0.357. The normalized spacial score (nSPS) is 12.3. The molecule has 10 nitrogen and oxygen atoms in total. The molecule has 3 aromatic heterocycles. The molecule has 186 valence electrons. The number of benzene rings is 1. The topological polar surface area (TPSA) is 133 Å². The number of pyridine rings is 2. The molecule has 0 fully saturated rings. The van der Waals surface area contributed by atoms with Gasteiger partial charge in [-0.2, -0.15) is 5.10 Å². The monoisotopic (exact) mass is 511 g/mol. The van der Waals surface area contributed by atoms with E-state index in [9.17, 15) is 22.4 Å². The third-order valence-corrected chi connectivity index (χ3v) is 7.24. The van der Waals surface area contributed by atoms with Crippen molar-refractivity contribution in [1.82, 2.24) is 25.1 Å². The van der Waals surface area contributed by atoms with E-state index in [2.05, 4.69) is 25.1 Å². The molecule has 3 heterocycles. The highest BCUT2D eigenvalue weighted by molar-refractivity contribution is 7.91. The number of halogens is 1. The van der Waals surface area contributed by atoms with Crippen LogP contribution in [0.1, 0.15) is 35.3 Å². The van der Waals surface area contributed by atoms with Gasteiger partial charge in [0.15, 0.2) is 9.84 Å². The van der Waals surface area contributed by atoms with Crippen molar-refractivity contribution >= 4 is 32.6 Å². The van der Waals surface area contributed by atoms with Crippen LogP contribution in [0.15, 0.2) is 66.2 Å². The van der Waals surface area contributed by atoms with Gasteiger partial charge in [-0.05, 0) is 42.8 Å². The van der Waals surface area contributed by atoms with Gasteiger partial charge in [0.1, 0.15) is 5.82 Å². The Labute approximate surface area is 206 Å². The lowest BCUT2D eigenvalue weighted by molar-refractivity contribution is -0.140. The molecule has 0 unspecified atom stereocenters. The summed E-state index contributed by atoms with van der Waals surface area (Å²) in [6.45, 7) is 1.69. The van der Waals surface area contributed by atoms with Gasteiger partial charge in [0.05, 0.1) is 59.4 Å². The largest absolute Gasteiger partial charge is 0.469 e. The average Bonchev–Trinajstić information content (AvgIpc) is 3.32. The molecule has 0 radical (unpaired) electrons. The lowest BCUT2D eigenvalue weighted by Gasteiger charge is -2.15. The molecule has 0 spiro atoms. The Kier molecular flexibility index (Phi) is 7.06. The Bertz CT molecular complexity index is 1540. The maximum absolute atomic E-state index is 13.3. The second-order valence-corrected chi connectivity index (χ2v) is 10.1. The van der Waals surface area contributed by atoms with E-state index in [-0.39, 0.29) is 22.7 Å². The molecule has 36 heavy (non-hydrogen) atoms. The van der Waals surface area contributed by atoms with Crippen LogP contribution in [-0.4, -0.2) is 52.9 Å². The van der Waals surface area contributed by atoms with Gasteiger partial charge in [0, 0.05) is 24.0 Å². The van der Waals surface area contributed by atoms with Gasteiger partial charge < -0.3 is 10.1 Å². The molecule has 0 aliphatic rings. The lowest BCUT2D eigenvalue weighted by Crippen LogP contribution is -2.27. The highest BCUT2D eigenvalue weighted by atomic mass is 32.2. The molecule has 1 atom stereocenters. The van der Waals surface area contributed by atoms with Gasteiger partial charge in [-0.3, -0.25) is 19.6 Å². The van der Waals surface area contributed by atoms with Crippen molar-refractivity contribution in [3.8, 4) is 5.69 Å². The van der Waals surface area contributed by atoms with Crippen LogP contribution in [0.5, 0.6) is 0 Å². The number of amides is 1. The molecule has 1 N–H and O–H groups in total. The Morgan fingerprint density at radius 1 is 1.08 bits per heavy atom. The van der Waals surface area contributed by atoms with Crippen molar-refractivity contribution < 1.29 is 27.1 Å². The Balaban J connectivity index is 1.55. The summed E-state index contributed by atoms with van der Waals surface area (Å²) in [4.78, 5) is 32.5. The second kappa shape index (κ2) is 10.2. The Morgan fingerprint density at radius 2 is 1.81 bits per heavy atom. The number of aromatic nitrogens is 4. The average molecular weight is 512 g/mol. The van der Waals surface area contributed by atoms with Gasteiger partial charge >= 0.3 is 5.97 Å². The lowest BCUT2D eigenvalue weighted by atomic mass is 10.1. The van der Waals surface area contributed by atoms with Crippen LogP contribution in [0.25, 0.3) is 16.6 Å². The van der Waals surface area contributed by atoms with Crippen LogP contribution in [0.3, 0.4) is 0 Å². The first-order valence-electron chi connectivity index (χ1n) is 10.8. The predicted molar refractivity (Wildman–Crippen MR) is 128 cm³/mol. The molecule has 1 amide bonds. The van der Waals surface area contributed by atoms with Gasteiger partial charge in [-0.15, -0.1) is 0 Å². The summed E-state index contributed by atoms with van der Waals surface area (Å²) >= 11 is 0. The summed E-state index contributed by atoms with van der Waals surface area (Å²) in [5.74, 6) is -1.87. The molecule has 4 rings (SSSR count). The van der Waals surface area contributed by atoms with Crippen molar-refractivity contribution in [2.24, 2.45) is 0 Å². The van der Waals surface area contributed by atoms with E-state index >= 15 is 0 Å². The van der Waals surface area contributed by atoms with Crippen molar-refractivity contribution in [3.05, 3.63) is 78.3 Å². The number of sulfone groups is 1. The predicted octanol–water partition coefficient (Wildman–Crippen LogP) is 2.78. The number of nitrogens with one attached hydrogen (secondary N) is 1. The smallest absolute Gasteiger partial charge is 0.306 e. The van der Waals surface area contributed by atoms with Crippen molar-refractivity contribution in [2.75, 3.05) is 12.9 Å². The first-order chi connectivity index (χ1) is 17.2. The minimum Gasteiger partial charge on any atom is -0.469 e. The number of hydrogen-bond acceptors (Lipinski definition) is 8. The van der Waals surface area contributed by atoms with E-state index in [0.717, 1.165) is 0 Å². The fourth-order valence-corrected chi connectivity index (χ4v) is 4.76. The van der Waals surface area contributed by atoms with Gasteiger partial charge in [0.25, 0.3) is 5.91 Å². The maximum atomic E-state index is 13.3. The molecule has 0 saturated carbocycles. The number of carbonyl (C=O) groups is 2. The van der Waals surface area contributed by atoms with Crippen molar-refractivity contribution in [2.45, 2.75) is 24.3 Å². The minimum absolute atomic E-state index is 0.0608. The zero-order chi connectivity index (χ0) is 25.9. The maximum Gasteiger partial charge on any atom is 0.306 e. The highest BCUT2D eigenvalue weighted by Crippen LogP contribution is 2.23. The molecule has 0 aliphatic carbocycles. The van der Waals surface area contributed by atoms with Crippen LogP contribution in [0, 0.1) is 5.82 Å². The van der Waals surface area contributed by atoms with Gasteiger partial charge in [-0.25, -0.2) is 17.5 Å². The first-order valence-corrected chi connectivity index (χ1v) is 12.5. The molecular weight excluding hydrogens is 489 g/mol. The van der Waals surface area contributed by atoms with E-state index < -0.39 is 33.5 Å². The van der Waals surface area contributed by atoms with E-state index in [1.165, 1.54) is 50.1 Å². The van der Waals surface area contributed by atoms with E-state index in [1.807, 2.05) is 0 Å². The number of hydrogen-bond donors (Lipinski definition) is 1. The van der Waals surface area contributed by atoms with Crippen LogP contribution in [0.2, 0.25) is 0 Å². The van der Waals surface area contributed by atoms with Gasteiger partial charge in [-0.1, -0.05) is 0 Å². The molecular formula is C24H22FN5O5S. The summed E-state index contributed by atoms with van der Waals surface area (Å²) in [5, 5.41) is 7.68. The third-order valence-electron chi connectivity index (χ3n) is 5.56. The summed E-state index contributed by atoms with van der Waals surface area (Å²) in [6.07, 6.45) is 6.86. The molecule has 1 aromatic carbocycles. The Morgan fingerprint density at radius 3 is 2.53 bits per heavy atom. The molecule has 0 saturated heterocycles. The standard InChI is InChI=1S/C24H22FN5O5S/c1-15(16-9-19(11-26-10-16)36(33,34)8-7-23(31)35-2)29-24(32)21-12-27-14-22-20(21)13-28-30(22)18-5-3-17(25)4-6-18/h3-6,9-15H,7-8H2,1-2H3,(H,29,32)/t15-/m0/s1. The number of nitrogens with zero attached hydrogens (tertiary/aromatic N) is 4. The van der Waals surface area contributed by atoms with E-state index in [0.29, 0.717) is 22.2 Å². The molecule has 4 aromatic rings. The fourth-order valence-electron chi connectivity index (χ4n) is 3.55. The number of ether oxygens (including phenoxy) is 1. The molecule has 0 aliphatic heterocycles. The number of rotatable bonds is 8. The van der Waals surface area contributed by atoms with Crippen LogP contribution < -0.4 is 5.32 Å². The SMILES string of the molecule is COC(=O)CCS(=O)(=O)c1cncc([C@H](C)NC(=O)c2cncc3c2cnn3-c2ccc(F)cc2)c1. The van der Waals surface area contributed by atoms with Crippen LogP contribution in [0.4, 0.5) is 4.39 Å². The van der Waals surface area contributed by atoms with E-state index in [1.54, 1.807) is 29.9 Å². The summed E-state index contributed by atoms with van der Waals surface area (Å²) < 4.78 is 44.5.